The molecule has 0 radical (unpaired) electrons. The summed E-state index contributed by atoms with van der Waals surface area (Å²) in [6.07, 6.45) is 9.36. The number of thioether (sulfide) groups is 1. The van der Waals surface area contributed by atoms with Gasteiger partial charge in [0.1, 0.15) is 0 Å². The van der Waals surface area contributed by atoms with E-state index in [1.807, 2.05) is 0 Å². The second-order valence-corrected chi connectivity index (χ2v) is 9.47. The average molecular weight is 392 g/mol. The summed E-state index contributed by atoms with van der Waals surface area (Å²) in [4.78, 5) is 29.0. The van der Waals surface area contributed by atoms with Crippen LogP contribution in [0.5, 0.6) is 5.88 Å². The van der Waals surface area contributed by atoms with Crippen LogP contribution in [0.25, 0.3) is 0 Å². The summed E-state index contributed by atoms with van der Waals surface area (Å²) >= 11 is 1.25. The fourth-order valence-electron chi connectivity index (χ4n) is 5.50. The van der Waals surface area contributed by atoms with Crippen LogP contribution < -0.4 is 10.9 Å². The minimum atomic E-state index is -0.271. The number of hydrogen-bond donors (Lipinski definition) is 2. The summed E-state index contributed by atoms with van der Waals surface area (Å²) < 4.78 is 1.67. The molecule has 2 N–H and O–H groups in total. The van der Waals surface area contributed by atoms with Crippen molar-refractivity contribution in [1.82, 2.24) is 14.9 Å². The molecular formula is C20H29N3O3S. The van der Waals surface area contributed by atoms with E-state index in [4.69, 9.17) is 0 Å². The highest BCUT2D eigenvalue weighted by Gasteiger charge is 2.42. The summed E-state index contributed by atoms with van der Waals surface area (Å²) in [5.41, 5.74) is -0.229. The number of carbonyl (C=O) groups is 1. The molecule has 3 saturated carbocycles. The van der Waals surface area contributed by atoms with Gasteiger partial charge in [0.15, 0.2) is 5.16 Å². The van der Waals surface area contributed by atoms with E-state index in [1.165, 1.54) is 43.5 Å². The maximum atomic E-state index is 12.5. The highest BCUT2D eigenvalue weighted by atomic mass is 32.2. The Kier molecular flexibility index (Phi) is 5.48. The van der Waals surface area contributed by atoms with Gasteiger partial charge >= 0.3 is 0 Å². The van der Waals surface area contributed by atoms with Gasteiger partial charge in [-0.1, -0.05) is 31.0 Å². The van der Waals surface area contributed by atoms with Crippen molar-refractivity contribution in [2.24, 2.45) is 17.8 Å². The molecule has 0 aliphatic heterocycles. The molecule has 6 nitrogen and oxygen atoms in total. The number of hydrogen-bond acceptors (Lipinski definition) is 5. The molecule has 0 saturated heterocycles. The van der Waals surface area contributed by atoms with Gasteiger partial charge in [-0.05, 0) is 56.8 Å². The van der Waals surface area contributed by atoms with Crippen LogP contribution in [0, 0.1) is 17.8 Å². The first-order valence-corrected chi connectivity index (χ1v) is 11.2. The van der Waals surface area contributed by atoms with Crippen molar-refractivity contribution in [2.75, 3.05) is 5.75 Å². The number of rotatable bonds is 6. The second-order valence-electron chi connectivity index (χ2n) is 8.53. The van der Waals surface area contributed by atoms with Crippen LogP contribution in [0.1, 0.15) is 64.3 Å². The third kappa shape index (κ3) is 4.03. The lowest BCUT2D eigenvalue weighted by molar-refractivity contribution is -0.119. The number of fused-ring (bicyclic) bond motifs is 2. The summed E-state index contributed by atoms with van der Waals surface area (Å²) in [6, 6.07) is 1.49. The molecule has 3 aliphatic carbocycles. The Hall–Kier alpha value is -1.50. The highest BCUT2D eigenvalue weighted by molar-refractivity contribution is 7.99. The lowest BCUT2D eigenvalue weighted by Crippen LogP contribution is -2.41. The van der Waals surface area contributed by atoms with Crippen molar-refractivity contribution in [1.29, 1.82) is 0 Å². The van der Waals surface area contributed by atoms with Crippen LogP contribution >= 0.6 is 11.8 Å². The predicted octanol–water partition coefficient (Wildman–Crippen LogP) is 3.10. The fourth-order valence-corrected chi connectivity index (χ4v) is 6.38. The zero-order chi connectivity index (χ0) is 19.0. The number of nitrogens with zero attached hydrogens (tertiary/aromatic N) is 2. The largest absolute Gasteiger partial charge is 0.493 e. The zero-order valence-electron chi connectivity index (χ0n) is 15.9. The Morgan fingerprint density at radius 1 is 1.33 bits per heavy atom. The van der Waals surface area contributed by atoms with Gasteiger partial charge in [-0.25, -0.2) is 0 Å². The van der Waals surface area contributed by atoms with E-state index in [0.29, 0.717) is 11.1 Å². The Morgan fingerprint density at radius 3 is 2.78 bits per heavy atom. The van der Waals surface area contributed by atoms with Crippen molar-refractivity contribution in [2.45, 2.75) is 75.5 Å². The maximum absolute atomic E-state index is 12.5. The molecule has 0 spiro atoms. The number of aromatic nitrogens is 2. The predicted molar refractivity (Wildman–Crippen MR) is 105 cm³/mol. The molecule has 1 aromatic rings. The molecule has 148 valence electrons. The Balaban J connectivity index is 1.38. The molecule has 3 aliphatic rings. The van der Waals surface area contributed by atoms with Gasteiger partial charge in [-0.15, -0.1) is 0 Å². The third-order valence-electron chi connectivity index (χ3n) is 6.75. The van der Waals surface area contributed by atoms with Gasteiger partial charge in [-0.2, -0.15) is 4.98 Å². The van der Waals surface area contributed by atoms with E-state index in [2.05, 4.69) is 17.2 Å². The lowest BCUT2D eigenvalue weighted by atomic mass is 9.84. The monoisotopic (exact) mass is 391 g/mol. The van der Waals surface area contributed by atoms with Gasteiger partial charge in [0.25, 0.3) is 5.56 Å². The molecule has 1 aromatic heterocycles. The van der Waals surface area contributed by atoms with Gasteiger partial charge in [0.2, 0.25) is 11.8 Å². The van der Waals surface area contributed by atoms with Gasteiger partial charge in [0.05, 0.1) is 11.8 Å². The van der Waals surface area contributed by atoms with Crippen molar-refractivity contribution in [3.05, 3.63) is 16.4 Å². The van der Waals surface area contributed by atoms with Crippen LogP contribution in [0.2, 0.25) is 0 Å². The average Bonchev–Trinajstić information content (AvgIpc) is 3.37. The first kappa shape index (κ1) is 18.8. The molecule has 1 amide bonds. The summed E-state index contributed by atoms with van der Waals surface area (Å²) in [7, 11) is 0. The molecule has 27 heavy (non-hydrogen) atoms. The van der Waals surface area contributed by atoms with E-state index in [-0.39, 0.29) is 35.2 Å². The third-order valence-corrected chi connectivity index (χ3v) is 7.70. The highest BCUT2D eigenvalue weighted by Crippen LogP contribution is 2.49. The smallest absolute Gasteiger partial charge is 0.258 e. The Morgan fingerprint density at radius 2 is 2.11 bits per heavy atom. The Labute approximate surface area is 164 Å². The lowest BCUT2D eigenvalue weighted by Gasteiger charge is -2.28. The molecule has 0 aromatic carbocycles. The first-order valence-electron chi connectivity index (χ1n) is 10.3. The van der Waals surface area contributed by atoms with Crippen LogP contribution in [0.15, 0.2) is 16.0 Å². The number of amides is 1. The summed E-state index contributed by atoms with van der Waals surface area (Å²) in [6.45, 7) is 2.12. The summed E-state index contributed by atoms with van der Waals surface area (Å²) in [5, 5.41) is 13.3. The van der Waals surface area contributed by atoms with E-state index in [9.17, 15) is 14.7 Å². The van der Waals surface area contributed by atoms with Crippen molar-refractivity contribution < 1.29 is 9.90 Å². The molecule has 3 fully saturated rings. The maximum Gasteiger partial charge on any atom is 0.258 e. The van der Waals surface area contributed by atoms with Crippen LogP contribution in [-0.4, -0.2) is 32.4 Å². The minimum absolute atomic E-state index is 0.0224. The first-order chi connectivity index (χ1) is 13.0. The van der Waals surface area contributed by atoms with Crippen LogP contribution in [0.4, 0.5) is 0 Å². The molecule has 4 rings (SSSR count). The van der Waals surface area contributed by atoms with Gasteiger partial charge in [0, 0.05) is 12.1 Å². The van der Waals surface area contributed by atoms with E-state index in [0.717, 1.165) is 37.5 Å². The quantitative estimate of drug-likeness (QED) is 0.575. The standard InChI is InChI=1S/C20H29N3O3S/c1-12(16-9-13-6-7-14(16)8-13)21-18(25)11-27-20-22-17(24)10-19(26)23(20)15-4-2-3-5-15/h10,12-16,24H,2-9,11H2,1H3,(H,21,25)/t12-,13-,14-,16-/m0/s1. The normalized spacial score (nSPS) is 28.6. The van der Waals surface area contributed by atoms with Gasteiger partial charge in [-0.3, -0.25) is 14.2 Å². The van der Waals surface area contributed by atoms with Crippen molar-refractivity contribution in [3.63, 3.8) is 0 Å². The van der Waals surface area contributed by atoms with Crippen molar-refractivity contribution >= 4 is 17.7 Å². The van der Waals surface area contributed by atoms with E-state index < -0.39 is 0 Å². The second kappa shape index (κ2) is 7.86. The Bertz CT molecular complexity index is 759. The minimum Gasteiger partial charge on any atom is -0.493 e. The molecule has 4 atom stereocenters. The molecule has 7 heteroatoms. The number of aromatic hydroxyl groups is 1. The number of nitrogens with one attached hydrogen (secondary N) is 1. The molecular weight excluding hydrogens is 362 g/mol. The van der Waals surface area contributed by atoms with E-state index in [1.54, 1.807) is 4.57 Å². The van der Waals surface area contributed by atoms with E-state index >= 15 is 0 Å². The summed E-state index contributed by atoms with van der Waals surface area (Å²) in [5.74, 6) is 2.17. The van der Waals surface area contributed by atoms with Crippen LogP contribution in [0.3, 0.4) is 0 Å². The SMILES string of the molecule is C[C@H](NC(=O)CSc1nc(O)cc(=O)n1C1CCCC1)[C@@H]1C[C@H]2CC[C@H]1C2. The molecule has 0 unspecified atom stereocenters. The zero-order valence-corrected chi connectivity index (χ0v) is 16.7. The van der Waals surface area contributed by atoms with Crippen molar-refractivity contribution in [3.8, 4) is 5.88 Å². The molecule has 1 heterocycles. The molecule has 2 bridgehead atoms. The van der Waals surface area contributed by atoms with Gasteiger partial charge < -0.3 is 10.4 Å². The fraction of sp³-hybridized carbons (Fsp3) is 0.750. The topological polar surface area (TPSA) is 84.2 Å². The number of carbonyl (C=O) groups excluding carboxylic acids is 1. The van der Waals surface area contributed by atoms with Crippen LogP contribution in [-0.2, 0) is 4.79 Å².